The van der Waals surface area contributed by atoms with Gasteiger partial charge in [-0.1, -0.05) is 25.0 Å². The van der Waals surface area contributed by atoms with Crippen LogP contribution in [-0.4, -0.2) is 78.4 Å². The minimum absolute atomic E-state index is 0.824. The van der Waals surface area contributed by atoms with Crippen molar-refractivity contribution in [2.24, 2.45) is 0 Å². The van der Waals surface area contributed by atoms with Gasteiger partial charge in [0.2, 0.25) is 0 Å². The first-order valence-corrected chi connectivity index (χ1v) is 9.58. The Kier molecular flexibility index (Phi) is 8.53. The highest BCUT2D eigenvalue weighted by Gasteiger charge is 2.26. The third-order valence-corrected chi connectivity index (χ3v) is 5.31. The molecule has 156 valence electrons. The van der Waals surface area contributed by atoms with Crippen LogP contribution >= 0.6 is 0 Å². The van der Waals surface area contributed by atoms with Crippen molar-refractivity contribution in [3.63, 3.8) is 0 Å². The Bertz CT molecular complexity index is 640. The second-order valence-corrected chi connectivity index (χ2v) is 7.01. The molecule has 8 heteroatoms. The number of rotatable bonds is 5. The lowest BCUT2D eigenvalue weighted by Crippen LogP contribution is -2.49. The summed E-state index contributed by atoms with van der Waals surface area (Å²) < 4.78 is 10.9. The number of hydrogen-bond acceptors (Lipinski definition) is 6. The predicted octanol–water partition coefficient (Wildman–Crippen LogP) is 1.92. The van der Waals surface area contributed by atoms with Gasteiger partial charge in [-0.3, -0.25) is 9.80 Å². The van der Waals surface area contributed by atoms with Crippen molar-refractivity contribution in [2.75, 3.05) is 40.4 Å². The van der Waals surface area contributed by atoms with Crippen LogP contribution < -0.4 is 9.47 Å². The first-order valence-electron chi connectivity index (χ1n) is 9.58. The maximum Gasteiger partial charge on any atom is 0.414 e. The number of carbonyl (C=O) groups is 2. The fraction of sp³-hybridized carbons (Fsp3) is 0.600. The minimum atomic E-state index is -1.82. The molecule has 28 heavy (non-hydrogen) atoms. The van der Waals surface area contributed by atoms with Crippen molar-refractivity contribution in [1.29, 1.82) is 0 Å². The molecule has 8 nitrogen and oxygen atoms in total. The van der Waals surface area contributed by atoms with Gasteiger partial charge >= 0.3 is 11.9 Å². The van der Waals surface area contributed by atoms with E-state index in [2.05, 4.69) is 15.9 Å². The molecule has 0 spiro atoms. The number of benzene rings is 1. The van der Waals surface area contributed by atoms with Crippen LogP contribution in [0.25, 0.3) is 0 Å². The number of nitrogens with zero attached hydrogens (tertiary/aromatic N) is 2. The zero-order chi connectivity index (χ0) is 20.5. The highest BCUT2D eigenvalue weighted by atomic mass is 16.5. The van der Waals surface area contributed by atoms with E-state index in [0.717, 1.165) is 37.2 Å². The van der Waals surface area contributed by atoms with Crippen molar-refractivity contribution < 1.29 is 29.3 Å². The number of methoxy groups -OCH3 is 2. The summed E-state index contributed by atoms with van der Waals surface area (Å²) in [6.07, 6.45) is 5.66. The lowest BCUT2D eigenvalue weighted by molar-refractivity contribution is -0.159. The maximum atomic E-state index is 9.10. The van der Waals surface area contributed by atoms with Gasteiger partial charge in [-0.05, 0) is 18.9 Å². The molecule has 1 aromatic rings. The summed E-state index contributed by atoms with van der Waals surface area (Å²) >= 11 is 0. The number of carboxylic acids is 2. The molecule has 1 saturated carbocycles. The van der Waals surface area contributed by atoms with Gasteiger partial charge in [0.1, 0.15) is 0 Å². The van der Waals surface area contributed by atoms with Gasteiger partial charge in [-0.15, -0.1) is 0 Å². The number of hydrogen-bond donors (Lipinski definition) is 2. The van der Waals surface area contributed by atoms with Crippen LogP contribution in [0.2, 0.25) is 0 Å². The lowest BCUT2D eigenvalue weighted by atomic mass is 10.1. The first kappa shape index (κ1) is 22.0. The third kappa shape index (κ3) is 6.10. The highest BCUT2D eigenvalue weighted by molar-refractivity contribution is 6.27. The number of piperazine rings is 1. The Labute approximate surface area is 165 Å². The van der Waals surface area contributed by atoms with E-state index in [4.69, 9.17) is 29.3 Å². The molecule has 1 aliphatic heterocycles. The molecule has 2 fully saturated rings. The summed E-state index contributed by atoms with van der Waals surface area (Å²) in [6, 6.07) is 7.00. The van der Waals surface area contributed by atoms with E-state index in [-0.39, 0.29) is 0 Å². The number of aliphatic carboxylic acids is 2. The van der Waals surface area contributed by atoms with Crippen LogP contribution in [-0.2, 0) is 16.1 Å². The molecule has 1 aromatic carbocycles. The van der Waals surface area contributed by atoms with E-state index in [1.807, 2.05) is 12.1 Å². The van der Waals surface area contributed by atoms with Gasteiger partial charge in [0.05, 0.1) is 14.2 Å². The van der Waals surface area contributed by atoms with Gasteiger partial charge in [0.15, 0.2) is 11.5 Å². The van der Waals surface area contributed by atoms with Crippen LogP contribution in [0, 0.1) is 0 Å². The maximum absolute atomic E-state index is 9.10. The molecule has 3 rings (SSSR count). The molecule has 0 radical (unpaired) electrons. The standard InChI is InChI=1S/C18H28N2O2.C2H2O4/c1-21-17-9-5-6-15(18(17)22-2)14-19-10-12-20(13-11-19)16-7-3-4-8-16;3-1(4)2(5)6/h5-6,9,16H,3-4,7-8,10-14H2,1-2H3;(H,3,4)(H,5,6). The van der Waals surface area contributed by atoms with Crippen molar-refractivity contribution in [1.82, 2.24) is 9.80 Å². The SMILES string of the molecule is COc1cccc(CN2CCN(C3CCCC3)CC2)c1OC.O=C(O)C(=O)O. The van der Waals surface area contributed by atoms with Gasteiger partial charge in [0.25, 0.3) is 0 Å². The van der Waals surface area contributed by atoms with E-state index in [0.29, 0.717) is 0 Å². The Morgan fingerprint density at radius 3 is 2.11 bits per heavy atom. The Morgan fingerprint density at radius 1 is 1.00 bits per heavy atom. The first-order chi connectivity index (χ1) is 13.5. The zero-order valence-corrected chi connectivity index (χ0v) is 16.6. The van der Waals surface area contributed by atoms with E-state index in [1.165, 1.54) is 44.3 Å². The second kappa shape index (κ2) is 10.9. The predicted molar refractivity (Wildman–Crippen MR) is 104 cm³/mol. The summed E-state index contributed by atoms with van der Waals surface area (Å²) in [5, 5.41) is 14.8. The topological polar surface area (TPSA) is 99.5 Å². The number of para-hydroxylation sites is 1. The molecular formula is C20H30N2O6. The molecule has 2 aliphatic rings. The van der Waals surface area contributed by atoms with Gasteiger partial charge in [-0.2, -0.15) is 0 Å². The Hall–Kier alpha value is -2.32. The van der Waals surface area contributed by atoms with E-state index >= 15 is 0 Å². The summed E-state index contributed by atoms with van der Waals surface area (Å²) in [4.78, 5) is 23.4. The quantitative estimate of drug-likeness (QED) is 0.731. The largest absolute Gasteiger partial charge is 0.493 e. The van der Waals surface area contributed by atoms with Crippen molar-refractivity contribution in [2.45, 2.75) is 38.3 Å². The van der Waals surface area contributed by atoms with Crippen LogP contribution in [0.3, 0.4) is 0 Å². The summed E-state index contributed by atoms with van der Waals surface area (Å²) in [7, 11) is 3.42. The molecule has 1 aliphatic carbocycles. The molecular weight excluding hydrogens is 364 g/mol. The molecule has 0 amide bonds. The van der Waals surface area contributed by atoms with Gasteiger partial charge < -0.3 is 19.7 Å². The van der Waals surface area contributed by atoms with E-state index < -0.39 is 11.9 Å². The van der Waals surface area contributed by atoms with Crippen LogP contribution in [0.15, 0.2) is 18.2 Å². The molecule has 0 unspecified atom stereocenters. The van der Waals surface area contributed by atoms with Crippen LogP contribution in [0.4, 0.5) is 0 Å². The summed E-state index contributed by atoms with van der Waals surface area (Å²) in [5.74, 6) is -1.95. The number of carboxylic acid groups (broad SMARTS) is 2. The highest BCUT2D eigenvalue weighted by Crippen LogP contribution is 2.32. The summed E-state index contributed by atoms with van der Waals surface area (Å²) in [5.41, 5.74) is 1.22. The van der Waals surface area contributed by atoms with E-state index in [1.54, 1.807) is 14.2 Å². The number of ether oxygens (including phenoxy) is 2. The molecule has 0 aromatic heterocycles. The van der Waals surface area contributed by atoms with E-state index in [9.17, 15) is 0 Å². The van der Waals surface area contributed by atoms with Crippen molar-refractivity contribution in [3.8, 4) is 11.5 Å². The normalized spacial score (nSPS) is 18.2. The average Bonchev–Trinajstić information content (AvgIpc) is 3.23. The smallest absolute Gasteiger partial charge is 0.414 e. The molecule has 0 atom stereocenters. The van der Waals surface area contributed by atoms with Gasteiger partial charge in [-0.25, -0.2) is 9.59 Å². The Balaban J connectivity index is 0.000000409. The third-order valence-electron chi connectivity index (χ3n) is 5.31. The van der Waals surface area contributed by atoms with Crippen molar-refractivity contribution >= 4 is 11.9 Å². The van der Waals surface area contributed by atoms with Gasteiger partial charge in [0, 0.05) is 44.3 Å². The second-order valence-electron chi connectivity index (χ2n) is 7.01. The molecule has 1 saturated heterocycles. The van der Waals surface area contributed by atoms with Crippen LogP contribution in [0.1, 0.15) is 31.2 Å². The molecule has 0 bridgehead atoms. The van der Waals surface area contributed by atoms with Crippen LogP contribution in [0.5, 0.6) is 11.5 Å². The molecule has 2 N–H and O–H groups in total. The lowest BCUT2D eigenvalue weighted by Gasteiger charge is -2.38. The summed E-state index contributed by atoms with van der Waals surface area (Å²) in [6.45, 7) is 5.65. The molecule has 1 heterocycles. The van der Waals surface area contributed by atoms with Crippen molar-refractivity contribution in [3.05, 3.63) is 23.8 Å². The fourth-order valence-corrected chi connectivity index (χ4v) is 3.88. The average molecular weight is 394 g/mol. The minimum Gasteiger partial charge on any atom is -0.493 e. The Morgan fingerprint density at radius 2 is 1.61 bits per heavy atom. The fourth-order valence-electron chi connectivity index (χ4n) is 3.88. The monoisotopic (exact) mass is 394 g/mol. The zero-order valence-electron chi connectivity index (χ0n) is 16.6.